The summed E-state index contributed by atoms with van der Waals surface area (Å²) in [5.41, 5.74) is 7.15. The molecule has 2 aromatic heterocycles. The van der Waals surface area contributed by atoms with Crippen LogP contribution < -0.4 is 5.73 Å². The van der Waals surface area contributed by atoms with Gasteiger partial charge in [0.25, 0.3) is 5.91 Å². The van der Waals surface area contributed by atoms with E-state index in [1.165, 1.54) is 5.56 Å². The lowest BCUT2D eigenvalue weighted by atomic mass is 10.2. The first kappa shape index (κ1) is 13.1. The number of thiophene rings is 1. The molecule has 0 aliphatic rings. The minimum Gasteiger partial charge on any atom is -0.366 e. The lowest BCUT2D eigenvalue weighted by Crippen LogP contribution is -2.12. The quantitative estimate of drug-likeness (QED) is 0.799. The molecule has 0 saturated carbocycles. The van der Waals surface area contributed by atoms with Crippen molar-refractivity contribution < 1.29 is 4.79 Å². The predicted octanol–water partition coefficient (Wildman–Crippen LogP) is 3.85. The van der Waals surface area contributed by atoms with Gasteiger partial charge in [-0.05, 0) is 30.5 Å². The summed E-state index contributed by atoms with van der Waals surface area (Å²) in [5, 5.41) is 2.96. The SMILES string of the molecule is Cc1ccc(Sc2c(C(N)=O)cnc3sccc23)cc1. The minimum absolute atomic E-state index is 0.444. The summed E-state index contributed by atoms with van der Waals surface area (Å²) in [6, 6.07) is 10.2. The van der Waals surface area contributed by atoms with Crippen LogP contribution in [0.25, 0.3) is 10.2 Å². The van der Waals surface area contributed by atoms with E-state index in [-0.39, 0.29) is 0 Å². The Morgan fingerprint density at radius 3 is 2.70 bits per heavy atom. The summed E-state index contributed by atoms with van der Waals surface area (Å²) in [5.74, 6) is -0.444. The highest BCUT2D eigenvalue weighted by atomic mass is 32.2. The molecule has 1 aromatic carbocycles. The number of pyridine rings is 1. The van der Waals surface area contributed by atoms with Crippen LogP contribution in [-0.2, 0) is 0 Å². The van der Waals surface area contributed by atoms with Gasteiger partial charge < -0.3 is 5.73 Å². The molecule has 2 N–H and O–H groups in total. The lowest BCUT2D eigenvalue weighted by Gasteiger charge is -2.08. The summed E-state index contributed by atoms with van der Waals surface area (Å²) < 4.78 is 0. The van der Waals surface area contributed by atoms with Gasteiger partial charge in [-0.15, -0.1) is 11.3 Å². The fourth-order valence-electron chi connectivity index (χ4n) is 1.91. The third-order valence-electron chi connectivity index (χ3n) is 2.95. The van der Waals surface area contributed by atoms with Crippen molar-refractivity contribution in [1.29, 1.82) is 0 Å². The van der Waals surface area contributed by atoms with Crippen molar-refractivity contribution in [3.8, 4) is 0 Å². The second-order valence-corrected chi connectivity index (χ2v) is 6.40. The molecule has 0 radical (unpaired) electrons. The Kier molecular flexibility index (Phi) is 3.46. The van der Waals surface area contributed by atoms with E-state index in [9.17, 15) is 4.79 Å². The van der Waals surface area contributed by atoms with E-state index >= 15 is 0 Å². The third-order valence-corrected chi connectivity index (χ3v) is 4.92. The summed E-state index contributed by atoms with van der Waals surface area (Å²) in [6.45, 7) is 2.05. The van der Waals surface area contributed by atoms with E-state index in [4.69, 9.17) is 5.73 Å². The van der Waals surface area contributed by atoms with Crippen molar-refractivity contribution in [3.63, 3.8) is 0 Å². The number of amides is 1. The maximum absolute atomic E-state index is 11.6. The van der Waals surface area contributed by atoms with E-state index in [2.05, 4.69) is 17.1 Å². The van der Waals surface area contributed by atoms with Crippen molar-refractivity contribution in [2.75, 3.05) is 0 Å². The molecule has 0 saturated heterocycles. The fraction of sp³-hybridized carbons (Fsp3) is 0.0667. The number of fused-ring (bicyclic) bond motifs is 1. The summed E-state index contributed by atoms with van der Waals surface area (Å²) >= 11 is 3.11. The van der Waals surface area contributed by atoms with Crippen molar-refractivity contribution in [1.82, 2.24) is 4.98 Å². The molecular formula is C15H12N2OS2. The highest BCUT2D eigenvalue weighted by molar-refractivity contribution is 7.99. The lowest BCUT2D eigenvalue weighted by molar-refractivity contribution is 0.0997. The van der Waals surface area contributed by atoms with Gasteiger partial charge in [-0.3, -0.25) is 4.79 Å². The Bertz CT molecular complexity index is 778. The monoisotopic (exact) mass is 300 g/mol. The van der Waals surface area contributed by atoms with Gasteiger partial charge in [0.2, 0.25) is 0 Å². The zero-order valence-electron chi connectivity index (χ0n) is 10.8. The molecule has 1 amide bonds. The highest BCUT2D eigenvalue weighted by Gasteiger charge is 2.15. The Labute approximate surface area is 124 Å². The van der Waals surface area contributed by atoms with Gasteiger partial charge in [0, 0.05) is 21.4 Å². The first-order valence-corrected chi connectivity index (χ1v) is 7.75. The number of carbonyl (C=O) groups excluding carboxylic acids is 1. The zero-order valence-corrected chi connectivity index (χ0v) is 12.4. The molecule has 100 valence electrons. The average molecular weight is 300 g/mol. The molecule has 0 aliphatic carbocycles. The van der Waals surface area contributed by atoms with Gasteiger partial charge in [-0.25, -0.2) is 4.98 Å². The molecule has 0 aliphatic heterocycles. The van der Waals surface area contributed by atoms with Gasteiger partial charge in [0.1, 0.15) is 4.83 Å². The number of hydrogen-bond donors (Lipinski definition) is 1. The van der Waals surface area contributed by atoms with Crippen LogP contribution in [0.1, 0.15) is 15.9 Å². The largest absolute Gasteiger partial charge is 0.366 e. The molecule has 3 aromatic rings. The molecule has 0 fully saturated rings. The minimum atomic E-state index is -0.444. The number of aryl methyl sites for hydroxylation is 1. The maximum Gasteiger partial charge on any atom is 0.251 e. The average Bonchev–Trinajstić information content (AvgIpc) is 2.90. The smallest absolute Gasteiger partial charge is 0.251 e. The van der Waals surface area contributed by atoms with Crippen LogP contribution in [0.3, 0.4) is 0 Å². The molecule has 0 atom stereocenters. The van der Waals surface area contributed by atoms with Crippen molar-refractivity contribution in [3.05, 3.63) is 53.0 Å². The van der Waals surface area contributed by atoms with E-state index in [1.807, 2.05) is 30.5 Å². The van der Waals surface area contributed by atoms with Crippen molar-refractivity contribution in [2.45, 2.75) is 16.7 Å². The maximum atomic E-state index is 11.6. The second-order valence-electron chi connectivity index (χ2n) is 4.42. The van der Waals surface area contributed by atoms with Crippen molar-refractivity contribution in [2.24, 2.45) is 5.73 Å². The number of rotatable bonds is 3. The first-order valence-electron chi connectivity index (χ1n) is 6.05. The van der Waals surface area contributed by atoms with Crippen LogP contribution in [0.2, 0.25) is 0 Å². The van der Waals surface area contributed by atoms with Gasteiger partial charge >= 0.3 is 0 Å². The summed E-state index contributed by atoms with van der Waals surface area (Å²) in [7, 11) is 0. The molecule has 5 heteroatoms. The van der Waals surface area contributed by atoms with Gasteiger partial charge in [0.05, 0.1) is 5.56 Å². The molecular weight excluding hydrogens is 288 g/mol. The molecule has 20 heavy (non-hydrogen) atoms. The van der Waals surface area contributed by atoms with Crippen LogP contribution in [0.5, 0.6) is 0 Å². The van der Waals surface area contributed by atoms with Gasteiger partial charge in [-0.1, -0.05) is 29.5 Å². The van der Waals surface area contributed by atoms with E-state index < -0.39 is 5.91 Å². The number of nitrogens with zero attached hydrogens (tertiary/aromatic N) is 1. The molecule has 0 unspecified atom stereocenters. The van der Waals surface area contributed by atoms with Crippen LogP contribution in [0.4, 0.5) is 0 Å². The van der Waals surface area contributed by atoms with Gasteiger partial charge in [0.15, 0.2) is 0 Å². The molecule has 0 spiro atoms. The van der Waals surface area contributed by atoms with Crippen LogP contribution in [0.15, 0.2) is 51.7 Å². The van der Waals surface area contributed by atoms with Crippen molar-refractivity contribution >= 4 is 39.2 Å². The topological polar surface area (TPSA) is 56.0 Å². The number of aromatic nitrogens is 1. The highest BCUT2D eigenvalue weighted by Crippen LogP contribution is 2.37. The normalized spacial score (nSPS) is 10.8. The molecule has 3 nitrogen and oxygen atoms in total. The summed E-state index contributed by atoms with van der Waals surface area (Å²) in [6.07, 6.45) is 1.57. The van der Waals surface area contributed by atoms with Crippen LogP contribution in [0, 0.1) is 6.92 Å². The van der Waals surface area contributed by atoms with Gasteiger partial charge in [-0.2, -0.15) is 0 Å². The van der Waals surface area contributed by atoms with E-state index in [0.717, 1.165) is 20.0 Å². The number of nitrogens with two attached hydrogens (primary N) is 1. The van der Waals surface area contributed by atoms with Crippen LogP contribution in [-0.4, -0.2) is 10.9 Å². The number of primary amides is 1. The Morgan fingerprint density at radius 1 is 1.25 bits per heavy atom. The number of hydrogen-bond acceptors (Lipinski definition) is 4. The molecule has 2 heterocycles. The number of carbonyl (C=O) groups is 1. The zero-order chi connectivity index (χ0) is 14.1. The third kappa shape index (κ3) is 2.42. The molecule has 3 rings (SSSR count). The number of benzene rings is 1. The fourth-order valence-corrected chi connectivity index (χ4v) is 3.76. The predicted molar refractivity (Wildman–Crippen MR) is 83.4 cm³/mol. The Balaban J connectivity index is 2.12. The standard InChI is InChI=1S/C15H12N2OS2/c1-9-2-4-10(5-3-9)20-13-11-6-7-19-15(11)17-8-12(13)14(16)18/h2-8H,1H3,(H2,16,18). The Morgan fingerprint density at radius 2 is 2.00 bits per heavy atom. The summed E-state index contributed by atoms with van der Waals surface area (Å²) in [4.78, 5) is 18.8. The molecule has 0 bridgehead atoms. The van der Waals surface area contributed by atoms with E-state index in [0.29, 0.717) is 5.56 Å². The van der Waals surface area contributed by atoms with E-state index in [1.54, 1.807) is 29.3 Å². The Hall–Kier alpha value is -1.85. The van der Waals surface area contributed by atoms with Crippen LogP contribution >= 0.6 is 23.1 Å². The first-order chi connectivity index (χ1) is 9.65. The second kappa shape index (κ2) is 5.26.